The summed E-state index contributed by atoms with van der Waals surface area (Å²) in [5, 5.41) is 34.6. The van der Waals surface area contributed by atoms with Crippen LogP contribution in [-0.2, 0) is 42.9 Å². The third-order valence-corrected chi connectivity index (χ3v) is 13.3. The lowest BCUT2D eigenvalue weighted by molar-refractivity contribution is -0.302. The normalized spacial score (nSPS) is 42.4. The van der Waals surface area contributed by atoms with Gasteiger partial charge < -0.3 is 43.9 Å². The quantitative estimate of drug-likeness (QED) is 0.189. The number of fused-ring (bicyclic) bond motifs is 3. The molecule has 1 amide bonds. The van der Waals surface area contributed by atoms with E-state index in [0.717, 1.165) is 5.57 Å². The van der Waals surface area contributed by atoms with Gasteiger partial charge in [0.15, 0.2) is 0 Å². The lowest BCUT2D eigenvalue weighted by Gasteiger charge is -2.47. The second-order valence-electron chi connectivity index (χ2n) is 17.9. The number of esters is 1. The molecule has 2 saturated heterocycles. The first-order chi connectivity index (χ1) is 26.8. The van der Waals surface area contributed by atoms with Crippen molar-refractivity contribution in [3.63, 3.8) is 0 Å². The number of carbonyl (C=O) groups is 4. The fourth-order valence-electron chi connectivity index (χ4n) is 9.63. The van der Waals surface area contributed by atoms with Crippen molar-refractivity contribution < 1.29 is 58.2 Å². The standard InChI is InChI=1S/C44H71NO12/c1-11-31-19-25(2)18-26(3)20-35(53-8)39-36(54-9)22-28(5)44(52,57-39)40(48)41(49)45-17-13-12-14-32(45)42(50)56-38(29(6)33(46)24-34(31)47)27(4)21-30-15-16-43(7,51)37(23-30)55-10/h19,21,26,28-33,35-39,46,51-52H,11-18,20,22-24H2,1-10H3/b25-19+,27-21?. The Balaban J connectivity index is 1.77. The maximum Gasteiger partial charge on any atom is 0.329 e. The van der Waals surface area contributed by atoms with Gasteiger partial charge in [0.25, 0.3) is 11.7 Å². The van der Waals surface area contributed by atoms with Crippen molar-refractivity contribution in [2.75, 3.05) is 27.9 Å². The highest BCUT2D eigenvalue weighted by Crippen LogP contribution is 2.40. The molecule has 14 atom stereocenters. The van der Waals surface area contributed by atoms with Crippen LogP contribution in [0.25, 0.3) is 0 Å². The highest BCUT2D eigenvalue weighted by Gasteiger charge is 2.56. The van der Waals surface area contributed by atoms with E-state index in [9.17, 15) is 34.5 Å². The van der Waals surface area contributed by atoms with E-state index in [1.165, 1.54) is 19.1 Å². The van der Waals surface area contributed by atoms with E-state index >= 15 is 0 Å². The van der Waals surface area contributed by atoms with Crippen molar-refractivity contribution in [3.05, 3.63) is 23.3 Å². The Morgan fingerprint density at radius 2 is 1.63 bits per heavy atom. The molecule has 0 aromatic rings. The Kier molecular flexibility index (Phi) is 16.7. The molecule has 3 aliphatic heterocycles. The van der Waals surface area contributed by atoms with E-state index in [-0.39, 0.29) is 43.4 Å². The number of rotatable bonds is 6. The van der Waals surface area contributed by atoms with Crippen LogP contribution in [0.1, 0.15) is 119 Å². The van der Waals surface area contributed by atoms with Crippen LogP contribution in [-0.4, -0.2) is 126 Å². The molecule has 3 fully saturated rings. The molecule has 2 bridgehead atoms. The van der Waals surface area contributed by atoms with E-state index in [0.29, 0.717) is 56.9 Å². The number of Topliss-reactive ketones (excluding diaryl/α,β-unsaturated/α-hetero) is 2. The second kappa shape index (κ2) is 20.2. The van der Waals surface area contributed by atoms with Gasteiger partial charge in [0, 0.05) is 52.0 Å². The zero-order valence-electron chi connectivity index (χ0n) is 36.0. The predicted molar refractivity (Wildman–Crippen MR) is 213 cm³/mol. The van der Waals surface area contributed by atoms with Crippen LogP contribution in [0.2, 0.25) is 0 Å². The number of carbonyl (C=O) groups excluding carboxylic acids is 4. The predicted octanol–water partition coefficient (Wildman–Crippen LogP) is 4.86. The molecule has 3 heterocycles. The van der Waals surface area contributed by atoms with Crippen LogP contribution < -0.4 is 0 Å². The minimum atomic E-state index is -2.50. The van der Waals surface area contributed by atoms with Crippen molar-refractivity contribution in [2.45, 2.75) is 173 Å². The van der Waals surface area contributed by atoms with Crippen molar-refractivity contribution >= 4 is 23.4 Å². The minimum Gasteiger partial charge on any atom is -0.456 e. The molecule has 0 spiro atoms. The maximum atomic E-state index is 14.3. The van der Waals surface area contributed by atoms with Crippen LogP contribution in [0.5, 0.6) is 0 Å². The van der Waals surface area contributed by atoms with E-state index in [2.05, 4.69) is 6.92 Å². The van der Waals surface area contributed by atoms with Crippen LogP contribution >= 0.6 is 0 Å². The molecule has 14 unspecified atom stereocenters. The Morgan fingerprint density at radius 1 is 0.965 bits per heavy atom. The Morgan fingerprint density at radius 3 is 2.26 bits per heavy atom. The van der Waals surface area contributed by atoms with Gasteiger partial charge in [0.05, 0.1) is 30.0 Å². The molecular formula is C44H71NO12. The molecule has 0 aromatic heterocycles. The summed E-state index contributed by atoms with van der Waals surface area (Å²) in [5.41, 5.74) is 0.669. The highest BCUT2D eigenvalue weighted by atomic mass is 16.7. The maximum absolute atomic E-state index is 14.3. The van der Waals surface area contributed by atoms with Gasteiger partial charge in [-0.05, 0) is 102 Å². The van der Waals surface area contributed by atoms with Crippen molar-refractivity contribution in [2.24, 2.45) is 29.6 Å². The smallest absolute Gasteiger partial charge is 0.329 e. The van der Waals surface area contributed by atoms with Gasteiger partial charge in [-0.1, -0.05) is 45.4 Å². The molecule has 57 heavy (non-hydrogen) atoms. The molecule has 4 aliphatic rings. The van der Waals surface area contributed by atoms with Gasteiger partial charge in [0.1, 0.15) is 24.0 Å². The summed E-state index contributed by atoms with van der Waals surface area (Å²) in [5.74, 6) is -7.54. The number of methoxy groups -OCH3 is 3. The van der Waals surface area contributed by atoms with Crippen molar-refractivity contribution in [3.8, 4) is 0 Å². The van der Waals surface area contributed by atoms with Crippen molar-refractivity contribution in [1.29, 1.82) is 0 Å². The number of cyclic esters (lactones) is 1. The summed E-state index contributed by atoms with van der Waals surface area (Å²) in [4.78, 5) is 57.8. The number of aliphatic hydroxyl groups excluding tert-OH is 1. The molecule has 4 rings (SSSR count). The zero-order valence-corrected chi connectivity index (χ0v) is 36.0. The summed E-state index contributed by atoms with van der Waals surface area (Å²) in [7, 11) is 4.63. The monoisotopic (exact) mass is 805 g/mol. The molecule has 0 aromatic carbocycles. The number of aliphatic hydroxyl groups is 3. The molecule has 3 N–H and O–H groups in total. The molecule has 13 heteroatoms. The molecular weight excluding hydrogens is 734 g/mol. The van der Waals surface area contributed by atoms with E-state index in [4.69, 9.17) is 23.7 Å². The summed E-state index contributed by atoms with van der Waals surface area (Å²) in [6.07, 6.45) is 4.14. The number of piperidine rings is 1. The number of hydrogen-bond donors (Lipinski definition) is 3. The van der Waals surface area contributed by atoms with Gasteiger partial charge in [-0.25, -0.2) is 4.79 Å². The van der Waals surface area contributed by atoms with Gasteiger partial charge >= 0.3 is 5.97 Å². The van der Waals surface area contributed by atoms with Gasteiger partial charge in [0.2, 0.25) is 5.79 Å². The molecule has 1 aliphatic carbocycles. The van der Waals surface area contributed by atoms with E-state index in [1.807, 2.05) is 32.9 Å². The number of amides is 1. The van der Waals surface area contributed by atoms with Crippen LogP contribution in [0.4, 0.5) is 0 Å². The molecule has 0 radical (unpaired) electrons. The van der Waals surface area contributed by atoms with E-state index in [1.54, 1.807) is 27.9 Å². The summed E-state index contributed by atoms with van der Waals surface area (Å²) < 4.78 is 29.9. The first kappa shape index (κ1) is 47.2. The lowest BCUT2D eigenvalue weighted by Crippen LogP contribution is -2.64. The van der Waals surface area contributed by atoms with Crippen molar-refractivity contribution in [1.82, 2.24) is 4.90 Å². The fraction of sp³-hybridized carbons (Fsp3) is 0.818. The average molecular weight is 806 g/mol. The topological polar surface area (TPSA) is 178 Å². The molecule has 324 valence electrons. The van der Waals surface area contributed by atoms with Gasteiger partial charge in [-0.15, -0.1) is 0 Å². The highest BCUT2D eigenvalue weighted by molar-refractivity contribution is 6.39. The second-order valence-corrected chi connectivity index (χ2v) is 17.9. The number of ketones is 2. The van der Waals surface area contributed by atoms with Gasteiger partial charge in [-0.3, -0.25) is 14.4 Å². The number of hydrogen-bond acceptors (Lipinski definition) is 12. The largest absolute Gasteiger partial charge is 0.456 e. The first-order valence-corrected chi connectivity index (χ1v) is 21.1. The fourth-order valence-corrected chi connectivity index (χ4v) is 9.63. The van der Waals surface area contributed by atoms with E-state index < -0.39 is 89.5 Å². The van der Waals surface area contributed by atoms with Gasteiger partial charge in [-0.2, -0.15) is 0 Å². The lowest BCUT2D eigenvalue weighted by atomic mass is 9.76. The Bertz CT molecular complexity index is 1480. The summed E-state index contributed by atoms with van der Waals surface area (Å²) >= 11 is 0. The summed E-state index contributed by atoms with van der Waals surface area (Å²) in [6, 6.07) is -1.14. The first-order valence-electron chi connectivity index (χ1n) is 21.1. The van der Waals surface area contributed by atoms with Crippen LogP contribution in [0.3, 0.4) is 0 Å². The third-order valence-electron chi connectivity index (χ3n) is 13.3. The minimum absolute atomic E-state index is 0.0205. The summed E-state index contributed by atoms with van der Waals surface area (Å²) in [6.45, 7) is 13.0. The third kappa shape index (κ3) is 11.0. The average Bonchev–Trinajstić information content (AvgIpc) is 3.18. The number of nitrogens with zero attached hydrogens (tertiary/aromatic N) is 1. The van der Waals surface area contributed by atoms with Crippen LogP contribution in [0, 0.1) is 29.6 Å². The molecule has 13 nitrogen and oxygen atoms in total. The number of allylic oxidation sites excluding steroid dienone is 3. The molecule has 1 saturated carbocycles. The number of ether oxygens (including phenoxy) is 5. The Hall–Kier alpha value is -2.52. The zero-order chi connectivity index (χ0) is 42.4. The van der Waals surface area contributed by atoms with Crippen LogP contribution in [0.15, 0.2) is 23.3 Å². The SMILES string of the molecule is CCC1/C=C(\C)CC(C)CC(OC)C2OC(O)(C(=O)C(=O)N3CCCCC3C(=O)OC(C(C)=CC3CCC(C)(O)C(OC)C3)C(C)C(O)CC1=O)C(C)CC2OC. The Labute approximate surface area is 339 Å².